The molecule has 0 aliphatic carbocycles. The maximum atomic E-state index is 5.50. The van der Waals surface area contributed by atoms with Crippen LogP contribution in [0.25, 0.3) is 0 Å². The summed E-state index contributed by atoms with van der Waals surface area (Å²) in [6.45, 7) is 2.09. The summed E-state index contributed by atoms with van der Waals surface area (Å²) < 4.78 is 17.3. The van der Waals surface area contributed by atoms with Crippen LogP contribution in [0.2, 0.25) is 0 Å². The average molecular weight is 436 g/mol. The molecule has 2 rings (SSSR count). The molecule has 0 bridgehead atoms. The molecule has 0 aliphatic heterocycles. The number of methoxy groups -OCH3 is 3. The Morgan fingerprint density at radius 3 is 2.00 bits per heavy atom. The largest absolute Gasteiger partial charge is 0.496 e. The molecular formula is C15H16Br2O3S. The highest BCUT2D eigenvalue weighted by Crippen LogP contribution is 2.46. The molecule has 0 aliphatic rings. The molecule has 0 N–H and O–H groups in total. The second-order valence-corrected chi connectivity index (χ2v) is 7.44. The van der Waals surface area contributed by atoms with E-state index in [9.17, 15) is 0 Å². The predicted molar refractivity (Wildman–Crippen MR) is 93.6 cm³/mol. The third-order valence-electron chi connectivity index (χ3n) is 3.08. The van der Waals surface area contributed by atoms with Gasteiger partial charge in [0.1, 0.15) is 5.75 Å². The minimum Gasteiger partial charge on any atom is -0.496 e. The minimum absolute atomic E-state index is 0.0142. The zero-order valence-electron chi connectivity index (χ0n) is 12.2. The van der Waals surface area contributed by atoms with Gasteiger partial charge in [-0.25, -0.2) is 0 Å². The summed E-state index contributed by atoms with van der Waals surface area (Å²) in [7, 11) is 4.89. The van der Waals surface area contributed by atoms with Gasteiger partial charge in [0.2, 0.25) is 0 Å². The van der Waals surface area contributed by atoms with Gasteiger partial charge in [0, 0.05) is 25.9 Å². The number of benzene rings is 1. The zero-order chi connectivity index (χ0) is 15.6. The van der Waals surface area contributed by atoms with Gasteiger partial charge >= 0.3 is 0 Å². The van der Waals surface area contributed by atoms with Crippen LogP contribution in [-0.4, -0.2) is 21.3 Å². The third kappa shape index (κ3) is 3.38. The fourth-order valence-corrected chi connectivity index (χ4v) is 5.14. The highest BCUT2D eigenvalue weighted by Gasteiger charge is 2.22. The number of hydrogen-bond donors (Lipinski definition) is 0. The quantitative estimate of drug-likeness (QED) is 0.594. The topological polar surface area (TPSA) is 27.7 Å². The maximum Gasteiger partial charge on any atom is 0.164 e. The van der Waals surface area contributed by atoms with Gasteiger partial charge in [-0.15, -0.1) is 11.3 Å². The van der Waals surface area contributed by atoms with E-state index in [-0.39, 0.29) is 4.83 Å². The van der Waals surface area contributed by atoms with E-state index in [1.165, 1.54) is 9.75 Å². The summed E-state index contributed by atoms with van der Waals surface area (Å²) >= 11 is 9.11. The first-order valence-electron chi connectivity index (χ1n) is 6.21. The van der Waals surface area contributed by atoms with Crippen LogP contribution in [0.15, 0.2) is 22.7 Å². The molecule has 1 aromatic heterocycles. The average Bonchev–Trinajstić information content (AvgIpc) is 2.83. The molecule has 2 aromatic rings. The Kier molecular flexibility index (Phi) is 5.57. The number of hydrogen-bond acceptors (Lipinski definition) is 4. The van der Waals surface area contributed by atoms with Crippen LogP contribution in [0.1, 0.15) is 20.1 Å². The van der Waals surface area contributed by atoms with Crippen LogP contribution < -0.4 is 14.2 Å². The maximum absolute atomic E-state index is 5.50. The number of halogens is 2. The molecule has 6 heteroatoms. The molecule has 3 nitrogen and oxygen atoms in total. The number of thiophene rings is 1. The molecule has 21 heavy (non-hydrogen) atoms. The summed E-state index contributed by atoms with van der Waals surface area (Å²) in [5.74, 6) is 2.09. The van der Waals surface area contributed by atoms with Crippen molar-refractivity contribution in [2.45, 2.75) is 11.8 Å². The lowest BCUT2D eigenvalue weighted by Gasteiger charge is -2.17. The molecule has 1 atom stereocenters. The molecule has 0 saturated carbocycles. The van der Waals surface area contributed by atoms with Gasteiger partial charge in [-0.2, -0.15) is 0 Å². The fourth-order valence-electron chi connectivity index (χ4n) is 2.07. The van der Waals surface area contributed by atoms with Gasteiger partial charge in [0.25, 0.3) is 0 Å². The van der Waals surface area contributed by atoms with Gasteiger partial charge in [-0.3, -0.25) is 0 Å². The lowest BCUT2D eigenvalue weighted by molar-refractivity contribution is 0.348. The molecule has 1 heterocycles. The summed E-state index contributed by atoms with van der Waals surface area (Å²) in [5.41, 5.74) is 0.998. The Balaban J connectivity index is 2.53. The van der Waals surface area contributed by atoms with Crippen LogP contribution in [0.5, 0.6) is 17.2 Å². The SMILES string of the molecule is COc1cc(OC)c(C(Br)c2sc(C)cc2Br)cc1OC. The van der Waals surface area contributed by atoms with Crippen molar-refractivity contribution in [3.05, 3.63) is 38.0 Å². The van der Waals surface area contributed by atoms with Gasteiger partial charge in [0.15, 0.2) is 11.5 Å². The normalized spacial score (nSPS) is 12.1. The highest BCUT2D eigenvalue weighted by atomic mass is 79.9. The molecule has 0 saturated heterocycles. The van der Waals surface area contributed by atoms with Gasteiger partial charge in [-0.05, 0) is 35.0 Å². The van der Waals surface area contributed by atoms with Crippen LogP contribution in [0.3, 0.4) is 0 Å². The molecule has 0 radical (unpaired) electrons. The number of ether oxygens (including phenoxy) is 3. The van der Waals surface area contributed by atoms with E-state index in [1.54, 1.807) is 32.7 Å². The Hall–Kier alpha value is -0.720. The van der Waals surface area contributed by atoms with E-state index in [2.05, 4.69) is 44.8 Å². The van der Waals surface area contributed by atoms with Crippen molar-refractivity contribution in [2.75, 3.05) is 21.3 Å². The first-order chi connectivity index (χ1) is 10.0. The monoisotopic (exact) mass is 434 g/mol. The van der Waals surface area contributed by atoms with Crippen molar-refractivity contribution >= 4 is 43.2 Å². The van der Waals surface area contributed by atoms with Gasteiger partial charge in [-0.1, -0.05) is 15.9 Å². The predicted octanol–water partition coefficient (Wildman–Crippen LogP) is 5.33. The van der Waals surface area contributed by atoms with Crippen molar-refractivity contribution in [3.63, 3.8) is 0 Å². The Morgan fingerprint density at radius 1 is 0.952 bits per heavy atom. The van der Waals surface area contributed by atoms with Crippen molar-refractivity contribution in [1.82, 2.24) is 0 Å². The second-order valence-electron chi connectivity index (χ2n) is 4.38. The highest BCUT2D eigenvalue weighted by molar-refractivity contribution is 9.11. The van der Waals surface area contributed by atoms with Gasteiger partial charge in [0.05, 0.1) is 26.2 Å². The van der Waals surface area contributed by atoms with Crippen molar-refractivity contribution in [2.24, 2.45) is 0 Å². The fraction of sp³-hybridized carbons (Fsp3) is 0.333. The van der Waals surface area contributed by atoms with Crippen LogP contribution in [-0.2, 0) is 0 Å². The van der Waals surface area contributed by atoms with E-state index in [0.717, 1.165) is 15.8 Å². The van der Waals surface area contributed by atoms with E-state index in [4.69, 9.17) is 14.2 Å². The van der Waals surface area contributed by atoms with E-state index < -0.39 is 0 Å². The molecule has 0 amide bonds. The lowest BCUT2D eigenvalue weighted by atomic mass is 10.1. The van der Waals surface area contributed by atoms with Crippen molar-refractivity contribution in [1.29, 1.82) is 0 Å². The van der Waals surface area contributed by atoms with Crippen molar-refractivity contribution < 1.29 is 14.2 Å². The van der Waals surface area contributed by atoms with Crippen LogP contribution in [0, 0.1) is 6.92 Å². The first kappa shape index (κ1) is 16.6. The van der Waals surface area contributed by atoms with Gasteiger partial charge < -0.3 is 14.2 Å². The standard InChI is InChI=1S/C15H16Br2O3S/c1-8-5-10(16)15(21-8)14(17)9-6-12(19-3)13(20-4)7-11(9)18-2/h5-7,14H,1-4H3. The molecule has 114 valence electrons. The van der Waals surface area contributed by atoms with E-state index in [0.29, 0.717) is 11.5 Å². The Bertz CT molecular complexity index is 640. The van der Waals surface area contributed by atoms with Crippen LogP contribution >= 0.6 is 43.2 Å². The minimum atomic E-state index is 0.0142. The third-order valence-corrected chi connectivity index (χ3v) is 6.36. The molecule has 1 aromatic carbocycles. The molecule has 1 unspecified atom stereocenters. The number of rotatable bonds is 5. The summed E-state index contributed by atoms with van der Waals surface area (Å²) in [6.07, 6.45) is 0. The second kappa shape index (κ2) is 7.03. The number of aryl methyl sites for hydroxylation is 1. The molecule has 0 fully saturated rings. The first-order valence-corrected chi connectivity index (χ1v) is 8.74. The number of alkyl halides is 1. The Labute approximate surface area is 145 Å². The summed E-state index contributed by atoms with van der Waals surface area (Å²) in [4.78, 5) is 2.46. The summed E-state index contributed by atoms with van der Waals surface area (Å²) in [6, 6.07) is 5.90. The van der Waals surface area contributed by atoms with Crippen LogP contribution in [0.4, 0.5) is 0 Å². The molecule has 0 spiro atoms. The van der Waals surface area contributed by atoms with E-state index in [1.807, 2.05) is 12.1 Å². The lowest BCUT2D eigenvalue weighted by Crippen LogP contribution is -1.99. The Morgan fingerprint density at radius 2 is 1.52 bits per heavy atom. The molecular weight excluding hydrogens is 420 g/mol. The van der Waals surface area contributed by atoms with E-state index >= 15 is 0 Å². The smallest absolute Gasteiger partial charge is 0.164 e. The summed E-state index contributed by atoms with van der Waals surface area (Å²) in [5, 5.41) is 0. The van der Waals surface area contributed by atoms with Crippen molar-refractivity contribution in [3.8, 4) is 17.2 Å². The zero-order valence-corrected chi connectivity index (χ0v) is 16.2.